The molecule has 0 aliphatic heterocycles. The molecule has 0 unspecified atom stereocenters. The molecule has 2 aromatic rings. The van der Waals surface area contributed by atoms with Gasteiger partial charge < -0.3 is 14.2 Å². The molecule has 0 radical (unpaired) electrons. The standard InChI is InChI=1S/C12H13ClN2O3/c1-2-18-12(17)11-9(4-6-16)15-5-3-8(13)7-10(15)14-11/h3,5,7,16H,2,4,6H2,1H3. The Hall–Kier alpha value is -1.59. The van der Waals surface area contributed by atoms with Crippen molar-refractivity contribution in [2.75, 3.05) is 13.2 Å². The van der Waals surface area contributed by atoms with E-state index in [4.69, 9.17) is 21.4 Å². The smallest absolute Gasteiger partial charge is 0.358 e. The highest BCUT2D eigenvalue weighted by atomic mass is 35.5. The molecular formula is C12H13ClN2O3. The summed E-state index contributed by atoms with van der Waals surface area (Å²) in [6.07, 6.45) is 2.05. The molecule has 18 heavy (non-hydrogen) atoms. The Labute approximate surface area is 109 Å². The normalized spacial score (nSPS) is 10.8. The summed E-state index contributed by atoms with van der Waals surface area (Å²) in [4.78, 5) is 16.0. The summed E-state index contributed by atoms with van der Waals surface area (Å²) in [5.41, 5.74) is 1.42. The second-order valence-corrected chi connectivity index (χ2v) is 4.11. The summed E-state index contributed by atoms with van der Waals surface area (Å²) in [7, 11) is 0. The Morgan fingerprint density at radius 2 is 2.39 bits per heavy atom. The number of imidazole rings is 1. The van der Waals surface area contributed by atoms with Crippen molar-refractivity contribution >= 4 is 23.2 Å². The number of rotatable bonds is 4. The van der Waals surface area contributed by atoms with Crippen molar-refractivity contribution in [3.8, 4) is 0 Å². The first-order valence-corrected chi connectivity index (χ1v) is 5.99. The topological polar surface area (TPSA) is 63.8 Å². The van der Waals surface area contributed by atoms with Crippen molar-refractivity contribution in [3.63, 3.8) is 0 Å². The van der Waals surface area contributed by atoms with E-state index in [1.165, 1.54) is 0 Å². The second-order valence-electron chi connectivity index (χ2n) is 3.67. The van der Waals surface area contributed by atoms with E-state index in [2.05, 4.69) is 4.98 Å². The minimum atomic E-state index is -0.485. The average molecular weight is 269 g/mol. The van der Waals surface area contributed by atoms with Crippen molar-refractivity contribution in [1.29, 1.82) is 0 Å². The molecule has 0 fully saturated rings. The van der Waals surface area contributed by atoms with Crippen LogP contribution in [0.25, 0.3) is 5.65 Å². The van der Waals surface area contributed by atoms with Crippen LogP contribution >= 0.6 is 11.6 Å². The molecule has 5 nitrogen and oxygen atoms in total. The Kier molecular flexibility index (Phi) is 3.84. The van der Waals surface area contributed by atoms with Crippen LogP contribution in [0.5, 0.6) is 0 Å². The van der Waals surface area contributed by atoms with Crippen molar-refractivity contribution in [1.82, 2.24) is 9.38 Å². The summed E-state index contributed by atoms with van der Waals surface area (Å²) in [5, 5.41) is 9.61. The van der Waals surface area contributed by atoms with Gasteiger partial charge in [0.2, 0.25) is 0 Å². The molecule has 0 aromatic carbocycles. The highest BCUT2D eigenvalue weighted by molar-refractivity contribution is 6.30. The summed E-state index contributed by atoms with van der Waals surface area (Å²) < 4.78 is 6.68. The maximum atomic E-state index is 11.8. The Balaban J connectivity index is 2.56. The Morgan fingerprint density at radius 3 is 3.06 bits per heavy atom. The number of ether oxygens (including phenoxy) is 1. The molecule has 0 spiro atoms. The third kappa shape index (κ3) is 2.32. The van der Waals surface area contributed by atoms with E-state index in [-0.39, 0.29) is 18.9 Å². The lowest BCUT2D eigenvalue weighted by Crippen LogP contribution is -2.10. The molecule has 0 saturated heterocycles. The third-order valence-corrected chi connectivity index (χ3v) is 2.74. The maximum absolute atomic E-state index is 11.8. The number of carbonyl (C=O) groups is 1. The molecule has 2 aromatic heterocycles. The van der Waals surface area contributed by atoms with E-state index in [0.717, 1.165) is 0 Å². The first kappa shape index (κ1) is 12.9. The van der Waals surface area contributed by atoms with E-state index in [1.807, 2.05) is 0 Å². The molecule has 0 bridgehead atoms. The SMILES string of the molecule is CCOC(=O)c1nc2cc(Cl)ccn2c1CCO. The van der Waals surface area contributed by atoms with Crippen LogP contribution in [0.1, 0.15) is 23.1 Å². The highest BCUT2D eigenvalue weighted by Gasteiger charge is 2.19. The largest absolute Gasteiger partial charge is 0.461 e. The van der Waals surface area contributed by atoms with Crippen LogP contribution in [-0.2, 0) is 11.2 Å². The first-order valence-electron chi connectivity index (χ1n) is 5.61. The predicted octanol–water partition coefficient (Wildman–Crippen LogP) is 1.70. The van der Waals surface area contributed by atoms with Crippen LogP contribution in [0.3, 0.4) is 0 Å². The van der Waals surface area contributed by atoms with Gasteiger partial charge in [0.25, 0.3) is 0 Å². The number of hydrogen-bond donors (Lipinski definition) is 1. The van der Waals surface area contributed by atoms with E-state index in [0.29, 0.717) is 22.8 Å². The minimum Gasteiger partial charge on any atom is -0.461 e. The maximum Gasteiger partial charge on any atom is 0.358 e. The Morgan fingerprint density at radius 1 is 1.61 bits per heavy atom. The van der Waals surface area contributed by atoms with Crippen LogP contribution in [0, 0.1) is 0 Å². The van der Waals surface area contributed by atoms with E-state index >= 15 is 0 Å². The molecule has 0 aliphatic carbocycles. The number of hydrogen-bond acceptors (Lipinski definition) is 4. The Bertz CT molecular complexity index is 580. The molecule has 96 valence electrons. The summed E-state index contributed by atoms with van der Waals surface area (Å²) in [6, 6.07) is 3.36. The molecule has 1 N–H and O–H groups in total. The number of carbonyl (C=O) groups excluding carboxylic acids is 1. The lowest BCUT2D eigenvalue weighted by molar-refractivity contribution is 0.0518. The molecule has 0 aliphatic rings. The van der Waals surface area contributed by atoms with E-state index in [1.54, 1.807) is 29.7 Å². The van der Waals surface area contributed by atoms with Crippen LogP contribution in [0.15, 0.2) is 18.3 Å². The number of aromatic nitrogens is 2. The van der Waals surface area contributed by atoms with Gasteiger partial charge in [-0.2, -0.15) is 0 Å². The van der Waals surface area contributed by atoms with Gasteiger partial charge in [0, 0.05) is 30.3 Å². The number of halogens is 1. The van der Waals surface area contributed by atoms with Gasteiger partial charge in [-0.3, -0.25) is 0 Å². The number of aliphatic hydroxyl groups is 1. The molecule has 6 heteroatoms. The number of nitrogens with zero attached hydrogens (tertiary/aromatic N) is 2. The van der Waals surface area contributed by atoms with Crippen LogP contribution < -0.4 is 0 Å². The average Bonchev–Trinajstić information content (AvgIpc) is 2.68. The number of esters is 1. The van der Waals surface area contributed by atoms with E-state index in [9.17, 15) is 4.79 Å². The van der Waals surface area contributed by atoms with Gasteiger partial charge in [0.1, 0.15) is 5.65 Å². The molecule has 2 rings (SSSR count). The first-order chi connectivity index (χ1) is 8.67. The van der Waals surface area contributed by atoms with Crippen molar-refractivity contribution in [3.05, 3.63) is 34.7 Å². The van der Waals surface area contributed by atoms with Gasteiger partial charge in [0.15, 0.2) is 5.69 Å². The van der Waals surface area contributed by atoms with Gasteiger partial charge in [-0.05, 0) is 13.0 Å². The predicted molar refractivity (Wildman–Crippen MR) is 66.9 cm³/mol. The molecule has 2 heterocycles. The van der Waals surface area contributed by atoms with Gasteiger partial charge in [-0.25, -0.2) is 9.78 Å². The fourth-order valence-corrected chi connectivity index (χ4v) is 1.93. The molecule has 0 saturated carbocycles. The van der Waals surface area contributed by atoms with Gasteiger partial charge in [-0.1, -0.05) is 11.6 Å². The lowest BCUT2D eigenvalue weighted by atomic mass is 10.2. The summed E-state index contributed by atoms with van der Waals surface area (Å²) in [5.74, 6) is -0.485. The minimum absolute atomic E-state index is 0.0666. The highest BCUT2D eigenvalue weighted by Crippen LogP contribution is 2.18. The zero-order chi connectivity index (χ0) is 13.1. The fourth-order valence-electron chi connectivity index (χ4n) is 1.78. The number of pyridine rings is 1. The van der Waals surface area contributed by atoms with Crippen molar-refractivity contribution in [2.24, 2.45) is 0 Å². The van der Waals surface area contributed by atoms with Gasteiger partial charge in [-0.15, -0.1) is 0 Å². The molecule has 0 amide bonds. The third-order valence-electron chi connectivity index (χ3n) is 2.50. The number of aliphatic hydroxyl groups excluding tert-OH is 1. The van der Waals surface area contributed by atoms with Crippen molar-refractivity contribution in [2.45, 2.75) is 13.3 Å². The zero-order valence-electron chi connectivity index (χ0n) is 9.89. The van der Waals surface area contributed by atoms with Crippen LogP contribution in [0.4, 0.5) is 0 Å². The van der Waals surface area contributed by atoms with Gasteiger partial charge in [0.05, 0.1) is 12.3 Å². The van der Waals surface area contributed by atoms with Crippen LogP contribution in [-0.4, -0.2) is 33.7 Å². The number of fused-ring (bicyclic) bond motifs is 1. The molecule has 0 atom stereocenters. The molecular weight excluding hydrogens is 256 g/mol. The second kappa shape index (κ2) is 5.37. The van der Waals surface area contributed by atoms with E-state index < -0.39 is 5.97 Å². The van der Waals surface area contributed by atoms with Gasteiger partial charge >= 0.3 is 5.97 Å². The quantitative estimate of drug-likeness (QED) is 0.858. The van der Waals surface area contributed by atoms with Crippen LogP contribution in [0.2, 0.25) is 5.02 Å². The summed E-state index contributed by atoms with van der Waals surface area (Å²) in [6.45, 7) is 1.95. The summed E-state index contributed by atoms with van der Waals surface area (Å²) >= 11 is 5.88. The fraction of sp³-hybridized carbons (Fsp3) is 0.333. The monoisotopic (exact) mass is 268 g/mol. The van der Waals surface area contributed by atoms with Crippen molar-refractivity contribution < 1.29 is 14.6 Å². The zero-order valence-corrected chi connectivity index (χ0v) is 10.6. The lowest BCUT2D eigenvalue weighted by Gasteiger charge is -2.03.